The largest absolute Gasteiger partial charge is 0.417 e. The number of carbonyl (C=O) groups is 2. The van der Waals surface area contributed by atoms with Crippen molar-refractivity contribution < 1.29 is 41.7 Å². The van der Waals surface area contributed by atoms with Crippen LogP contribution in [0.2, 0.25) is 0 Å². The van der Waals surface area contributed by atoms with Crippen LogP contribution in [0.1, 0.15) is 39.5 Å². The van der Waals surface area contributed by atoms with Crippen LogP contribution in [0, 0.1) is 10.8 Å². The minimum absolute atomic E-state index is 0.110. The number of hydrogen-bond acceptors (Lipinski definition) is 8. The molecule has 5 atom stereocenters. The normalized spacial score (nSPS) is 36.6. The maximum Gasteiger partial charge on any atom is 0.319 e. The molecule has 0 radical (unpaired) electrons. The summed E-state index contributed by atoms with van der Waals surface area (Å²) in [4.78, 5) is 34.4. The first-order valence-electron chi connectivity index (χ1n) is 8.74. The van der Waals surface area contributed by atoms with Crippen LogP contribution in [-0.2, 0) is 36.8 Å². The van der Waals surface area contributed by atoms with E-state index in [1.54, 1.807) is 13.3 Å². The molecular formula is C15H27O9P3. The van der Waals surface area contributed by atoms with E-state index in [-0.39, 0.29) is 26.1 Å². The van der Waals surface area contributed by atoms with E-state index < -0.39 is 53.9 Å². The summed E-state index contributed by atoms with van der Waals surface area (Å²) in [5.41, 5.74) is -1.97. The average molecular weight is 444 g/mol. The molecule has 2 saturated heterocycles. The maximum atomic E-state index is 12.5. The van der Waals surface area contributed by atoms with Crippen LogP contribution in [0.25, 0.3) is 0 Å². The monoisotopic (exact) mass is 444 g/mol. The van der Waals surface area contributed by atoms with E-state index in [0.717, 1.165) is 0 Å². The first-order valence-corrected chi connectivity index (χ1v) is 13.3. The number of carbonyl (C=O) groups excluding carboxylic acids is 2. The molecule has 2 aliphatic rings. The first kappa shape index (κ1) is 23.2. The minimum atomic E-state index is -3.29. The molecule has 2 heterocycles. The lowest BCUT2D eigenvalue weighted by Crippen LogP contribution is -2.46. The van der Waals surface area contributed by atoms with Crippen LogP contribution < -0.4 is 0 Å². The van der Waals surface area contributed by atoms with Gasteiger partial charge in [0.15, 0.2) is 0 Å². The summed E-state index contributed by atoms with van der Waals surface area (Å²) in [6.07, 6.45) is 0.232. The number of rotatable bonds is 8. The highest BCUT2D eigenvalue weighted by Crippen LogP contribution is 2.51. The second kappa shape index (κ2) is 9.58. The molecule has 5 unspecified atom stereocenters. The van der Waals surface area contributed by atoms with Gasteiger partial charge in [0.2, 0.25) is 16.8 Å². The summed E-state index contributed by atoms with van der Waals surface area (Å²) >= 11 is 0. The summed E-state index contributed by atoms with van der Waals surface area (Å²) in [7, 11) is -5.82. The Morgan fingerprint density at radius 1 is 1.04 bits per heavy atom. The molecule has 0 aromatic heterocycles. The quantitative estimate of drug-likeness (QED) is 0.562. The van der Waals surface area contributed by atoms with E-state index in [4.69, 9.17) is 22.6 Å². The third kappa shape index (κ3) is 5.48. The van der Waals surface area contributed by atoms with Gasteiger partial charge in [0.05, 0.1) is 30.1 Å². The van der Waals surface area contributed by atoms with Crippen LogP contribution in [-0.4, -0.2) is 49.5 Å². The third-order valence-electron chi connectivity index (χ3n) is 5.19. The van der Waals surface area contributed by atoms with E-state index in [2.05, 4.69) is 0 Å². The molecule has 2 rings (SSSR count). The highest BCUT2D eigenvalue weighted by Gasteiger charge is 2.50. The number of hydrogen-bond donors (Lipinski definition) is 1. The van der Waals surface area contributed by atoms with Gasteiger partial charge < -0.3 is 27.5 Å². The van der Waals surface area contributed by atoms with Gasteiger partial charge in [-0.25, -0.2) is 0 Å². The Balaban J connectivity index is 2.22. The van der Waals surface area contributed by atoms with Gasteiger partial charge in [-0.3, -0.25) is 14.2 Å². The molecule has 12 heteroatoms. The van der Waals surface area contributed by atoms with Crippen LogP contribution in [0.15, 0.2) is 0 Å². The highest BCUT2D eigenvalue weighted by molar-refractivity contribution is 7.47. The van der Waals surface area contributed by atoms with Crippen molar-refractivity contribution in [2.45, 2.75) is 45.6 Å². The van der Waals surface area contributed by atoms with E-state index in [9.17, 15) is 19.0 Å². The van der Waals surface area contributed by atoms with Gasteiger partial charge >= 0.3 is 20.2 Å². The van der Waals surface area contributed by atoms with Crippen molar-refractivity contribution in [2.24, 2.45) is 10.8 Å². The lowest BCUT2D eigenvalue weighted by molar-refractivity contribution is -0.158. The van der Waals surface area contributed by atoms with Crippen molar-refractivity contribution in [3.63, 3.8) is 0 Å². The van der Waals surface area contributed by atoms with Crippen molar-refractivity contribution in [3.05, 3.63) is 0 Å². The van der Waals surface area contributed by atoms with Crippen molar-refractivity contribution in [2.75, 3.05) is 26.5 Å². The maximum absolute atomic E-state index is 12.5. The van der Waals surface area contributed by atoms with E-state index >= 15 is 0 Å². The molecule has 0 aromatic rings. The van der Waals surface area contributed by atoms with Crippen LogP contribution >= 0.6 is 25.0 Å². The highest BCUT2D eigenvalue weighted by atomic mass is 31.2. The Labute approximate surface area is 162 Å². The molecule has 0 spiro atoms. The Morgan fingerprint density at radius 3 is 1.74 bits per heavy atom. The van der Waals surface area contributed by atoms with Crippen molar-refractivity contribution >= 4 is 36.9 Å². The van der Waals surface area contributed by atoms with Gasteiger partial charge in [-0.2, -0.15) is 0 Å². The second-order valence-electron chi connectivity index (χ2n) is 6.87. The lowest BCUT2D eigenvalue weighted by atomic mass is 9.74. The van der Waals surface area contributed by atoms with E-state index in [1.165, 1.54) is 0 Å². The fraction of sp³-hybridized carbons (Fsp3) is 0.867. The van der Waals surface area contributed by atoms with Crippen LogP contribution in [0.3, 0.4) is 0 Å². The summed E-state index contributed by atoms with van der Waals surface area (Å²) < 4.78 is 38.3. The Morgan fingerprint density at radius 2 is 1.44 bits per heavy atom. The standard InChI is InChI=1S/C15H27O9P3/c1-5-14(9-20-25(3)23-12(14)16)7-11(22-27(18)19)8-15(6-2)10-21-26(4)24-13(15)17/h11,27H,5-10H2,1-4H3,(H,18,19). The molecule has 0 aliphatic carbocycles. The zero-order valence-corrected chi connectivity index (χ0v) is 18.7. The lowest BCUT2D eigenvalue weighted by Gasteiger charge is -2.41. The third-order valence-corrected chi connectivity index (χ3v) is 7.56. The first-order chi connectivity index (χ1) is 12.7. The molecule has 0 saturated carbocycles. The molecule has 27 heavy (non-hydrogen) atoms. The molecule has 9 nitrogen and oxygen atoms in total. The summed E-state index contributed by atoms with van der Waals surface area (Å²) in [5.74, 6) is -0.803. The van der Waals surface area contributed by atoms with Gasteiger partial charge in [0.25, 0.3) is 0 Å². The summed E-state index contributed by atoms with van der Waals surface area (Å²) in [6.45, 7) is 7.33. The second-order valence-corrected chi connectivity index (χ2v) is 10.3. The van der Waals surface area contributed by atoms with Crippen molar-refractivity contribution in [1.82, 2.24) is 0 Å². The van der Waals surface area contributed by atoms with Crippen molar-refractivity contribution in [1.29, 1.82) is 0 Å². The molecule has 2 aliphatic heterocycles. The van der Waals surface area contributed by atoms with Gasteiger partial charge in [-0.1, -0.05) is 13.8 Å². The van der Waals surface area contributed by atoms with E-state index in [1.807, 2.05) is 13.8 Å². The fourth-order valence-electron chi connectivity index (χ4n) is 3.26. The topological polar surface area (TPSA) is 118 Å². The Kier molecular flexibility index (Phi) is 8.21. The molecule has 2 fully saturated rings. The van der Waals surface area contributed by atoms with Crippen LogP contribution in [0.4, 0.5) is 0 Å². The predicted octanol–water partition coefficient (Wildman–Crippen LogP) is 3.36. The van der Waals surface area contributed by atoms with Gasteiger partial charge in [-0.05, 0) is 25.7 Å². The molecule has 0 bridgehead atoms. The SMILES string of the molecule is CCC1(CC(CC2(CC)COP(C)OC2=O)O[PH](=O)O)COP(C)OC1=O. The van der Waals surface area contributed by atoms with Gasteiger partial charge in [0.1, 0.15) is 0 Å². The molecule has 156 valence electrons. The molecule has 0 aromatic carbocycles. The predicted molar refractivity (Wildman–Crippen MR) is 101 cm³/mol. The fourth-order valence-corrected chi connectivity index (χ4v) is 5.53. The van der Waals surface area contributed by atoms with Crippen LogP contribution in [0.5, 0.6) is 0 Å². The zero-order valence-electron chi connectivity index (χ0n) is 15.9. The summed E-state index contributed by atoms with van der Waals surface area (Å²) in [6, 6.07) is 0. The van der Waals surface area contributed by atoms with Crippen molar-refractivity contribution in [3.8, 4) is 0 Å². The Bertz CT molecular complexity index is 547. The molecular weight excluding hydrogens is 417 g/mol. The molecule has 1 N–H and O–H groups in total. The van der Waals surface area contributed by atoms with Gasteiger partial charge in [0, 0.05) is 13.3 Å². The smallest absolute Gasteiger partial charge is 0.319 e. The Hall–Kier alpha value is -0.130. The minimum Gasteiger partial charge on any atom is -0.417 e. The van der Waals surface area contributed by atoms with Gasteiger partial charge in [-0.15, -0.1) is 0 Å². The zero-order chi connectivity index (χ0) is 20.2. The van der Waals surface area contributed by atoms with E-state index in [0.29, 0.717) is 12.8 Å². The summed E-state index contributed by atoms with van der Waals surface area (Å²) in [5, 5.41) is 0. The molecule has 0 amide bonds. The average Bonchev–Trinajstić information content (AvgIpc) is 2.59.